The molecule has 2 aromatic rings. The van der Waals surface area contributed by atoms with Gasteiger partial charge in [0.05, 0.1) is 27.9 Å². The van der Waals surface area contributed by atoms with E-state index in [9.17, 15) is 9.59 Å². The molecule has 0 aliphatic carbocycles. The minimum atomic E-state index is -0.488. The zero-order valence-electron chi connectivity index (χ0n) is 17.2. The van der Waals surface area contributed by atoms with Crippen molar-refractivity contribution in [2.24, 2.45) is 0 Å². The Balaban J connectivity index is 2.14. The number of benzene rings is 1. The molecule has 0 spiro atoms. The van der Waals surface area contributed by atoms with Crippen molar-refractivity contribution >= 4 is 29.0 Å². The fraction of sp³-hybridized carbons (Fsp3) is 0.450. The highest BCUT2D eigenvalue weighted by Gasteiger charge is 2.18. The molecule has 0 fully saturated rings. The number of hydrogen-bond donors (Lipinski definition) is 1. The van der Waals surface area contributed by atoms with Gasteiger partial charge in [0.1, 0.15) is 16.5 Å². The molecule has 0 saturated heterocycles. The number of methoxy groups -OCH3 is 3. The fourth-order valence-corrected chi connectivity index (χ4v) is 3.41. The van der Waals surface area contributed by atoms with E-state index in [1.54, 1.807) is 42.7 Å². The molecule has 158 valence electrons. The third-order valence-corrected chi connectivity index (χ3v) is 5.03. The van der Waals surface area contributed by atoms with Gasteiger partial charge in [-0.05, 0) is 6.42 Å². The minimum absolute atomic E-state index is 0.249. The lowest BCUT2D eigenvalue weighted by atomic mass is 10.2. The van der Waals surface area contributed by atoms with Crippen LogP contribution in [0.5, 0.6) is 11.5 Å². The fourth-order valence-electron chi connectivity index (χ4n) is 2.63. The van der Waals surface area contributed by atoms with Crippen LogP contribution in [0.2, 0.25) is 0 Å². The molecule has 1 aromatic heterocycles. The van der Waals surface area contributed by atoms with Crippen LogP contribution in [0.1, 0.15) is 41.7 Å². The number of thiazole rings is 1. The summed E-state index contributed by atoms with van der Waals surface area (Å²) in [6.45, 7) is 2.99. The van der Waals surface area contributed by atoms with Gasteiger partial charge in [-0.25, -0.2) is 14.6 Å². The molecule has 0 aliphatic rings. The molecule has 0 saturated carbocycles. The lowest BCUT2D eigenvalue weighted by Gasteiger charge is -2.22. The Morgan fingerprint density at radius 2 is 1.79 bits per heavy atom. The van der Waals surface area contributed by atoms with Gasteiger partial charge in [-0.2, -0.15) is 0 Å². The molecule has 9 heteroatoms. The van der Waals surface area contributed by atoms with Crippen molar-refractivity contribution < 1.29 is 23.8 Å². The maximum Gasteiger partial charge on any atom is 0.357 e. The second kappa shape index (κ2) is 11.3. The standard InChI is InChI=1S/C20H27N3O5S/c1-5-6-7-8-23(12-18-22-17(13-29-18)19(24)28-4)20(25)21-14-9-15(26-2)11-16(10-14)27-3/h9-11,13H,5-8,12H2,1-4H3,(H,21,25). The van der Waals surface area contributed by atoms with Crippen LogP contribution in [0.3, 0.4) is 0 Å². The third-order valence-electron chi connectivity index (χ3n) is 4.19. The van der Waals surface area contributed by atoms with Crippen LogP contribution in [0.15, 0.2) is 23.6 Å². The number of carbonyl (C=O) groups excluding carboxylic acids is 2. The molecule has 0 bridgehead atoms. The number of esters is 1. The van der Waals surface area contributed by atoms with Crippen LogP contribution in [0, 0.1) is 0 Å². The Kier molecular flexibility index (Phi) is 8.72. The smallest absolute Gasteiger partial charge is 0.357 e. The summed E-state index contributed by atoms with van der Waals surface area (Å²) in [7, 11) is 4.42. The van der Waals surface area contributed by atoms with Gasteiger partial charge in [0.25, 0.3) is 0 Å². The predicted octanol–water partition coefficient (Wildman–Crippen LogP) is 4.17. The first-order chi connectivity index (χ1) is 14.0. The molecule has 8 nitrogen and oxygen atoms in total. The number of urea groups is 1. The van der Waals surface area contributed by atoms with Crippen molar-refractivity contribution in [2.45, 2.75) is 32.7 Å². The summed E-state index contributed by atoms with van der Waals surface area (Å²) in [4.78, 5) is 30.5. The number of rotatable bonds is 10. The van der Waals surface area contributed by atoms with Gasteiger partial charge in [-0.3, -0.25) is 0 Å². The number of aromatic nitrogens is 1. The number of nitrogens with zero attached hydrogens (tertiary/aromatic N) is 2. The second-order valence-corrected chi connectivity index (χ2v) is 7.22. The molecule has 1 aromatic carbocycles. The van der Waals surface area contributed by atoms with E-state index in [1.165, 1.54) is 18.4 Å². The van der Waals surface area contributed by atoms with Crippen molar-refractivity contribution in [3.8, 4) is 11.5 Å². The number of ether oxygens (including phenoxy) is 3. The average Bonchev–Trinajstić information content (AvgIpc) is 3.20. The number of amides is 2. The molecule has 1 heterocycles. The number of nitrogens with one attached hydrogen (secondary N) is 1. The number of unbranched alkanes of at least 4 members (excludes halogenated alkanes) is 2. The van der Waals surface area contributed by atoms with Crippen molar-refractivity contribution in [3.63, 3.8) is 0 Å². The summed E-state index contributed by atoms with van der Waals surface area (Å²) in [5.74, 6) is 0.678. The normalized spacial score (nSPS) is 10.3. The predicted molar refractivity (Wildman–Crippen MR) is 112 cm³/mol. The Morgan fingerprint density at radius 1 is 1.10 bits per heavy atom. The Morgan fingerprint density at radius 3 is 2.38 bits per heavy atom. The van der Waals surface area contributed by atoms with E-state index in [4.69, 9.17) is 14.2 Å². The van der Waals surface area contributed by atoms with E-state index in [-0.39, 0.29) is 11.7 Å². The first kappa shape index (κ1) is 22.5. The average molecular weight is 422 g/mol. The first-order valence-corrected chi connectivity index (χ1v) is 10.2. The molecule has 29 heavy (non-hydrogen) atoms. The Hall–Kier alpha value is -2.81. The highest BCUT2D eigenvalue weighted by atomic mass is 32.1. The van der Waals surface area contributed by atoms with Crippen LogP contribution in [-0.2, 0) is 11.3 Å². The number of anilines is 1. The van der Waals surface area contributed by atoms with Crippen molar-refractivity contribution in [1.29, 1.82) is 0 Å². The second-order valence-electron chi connectivity index (χ2n) is 6.28. The zero-order chi connectivity index (χ0) is 21.2. The van der Waals surface area contributed by atoms with Crippen molar-refractivity contribution in [1.82, 2.24) is 9.88 Å². The topological polar surface area (TPSA) is 90.0 Å². The van der Waals surface area contributed by atoms with E-state index >= 15 is 0 Å². The highest BCUT2D eigenvalue weighted by molar-refractivity contribution is 7.09. The van der Waals surface area contributed by atoms with Gasteiger partial charge >= 0.3 is 12.0 Å². The summed E-state index contributed by atoms with van der Waals surface area (Å²) in [6, 6.07) is 4.93. The van der Waals surface area contributed by atoms with Crippen molar-refractivity contribution in [2.75, 3.05) is 33.2 Å². The van der Waals surface area contributed by atoms with Gasteiger partial charge < -0.3 is 24.4 Å². The number of carbonyl (C=O) groups is 2. The van der Waals surface area contributed by atoms with Crippen LogP contribution in [0.25, 0.3) is 0 Å². The molecule has 0 radical (unpaired) electrons. The summed E-state index contributed by atoms with van der Waals surface area (Å²) >= 11 is 1.32. The van der Waals surface area contributed by atoms with Gasteiger partial charge in [-0.1, -0.05) is 19.8 Å². The van der Waals surface area contributed by atoms with Crippen LogP contribution in [-0.4, -0.2) is 49.8 Å². The summed E-state index contributed by atoms with van der Waals surface area (Å²) in [5, 5.41) is 5.19. The van der Waals surface area contributed by atoms with Gasteiger partial charge in [0.15, 0.2) is 5.69 Å². The summed E-state index contributed by atoms with van der Waals surface area (Å²) in [6.07, 6.45) is 2.94. The molecule has 0 aliphatic heterocycles. The van der Waals surface area contributed by atoms with Crippen LogP contribution in [0.4, 0.5) is 10.5 Å². The SMILES string of the molecule is CCCCCN(Cc1nc(C(=O)OC)cs1)C(=O)Nc1cc(OC)cc(OC)c1. The minimum Gasteiger partial charge on any atom is -0.497 e. The van der Waals surface area contributed by atoms with E-state index in [0.717, 1.165) is 19.3 Å². The van der Waals surface area contributed by atoms with Crippen LogP contribution >= 0.6 is 11.3 Å². The van der Waals surface area contributed by atoms with E-state index in [0.29, 0.717) is 35.3 Å². The Bertz CT molecular complexity index is 802. The maximum absolute atomic E-state index is 12.9. The zero-order valence-corrected chi connectivity index (χ0v) is 18.0. The number of hydrogen-bond acceptors (Lipinski definition) is 7. The van der Waals surface area contributed by atoms with E-state index < -0.39 is 5.97 Å². The maximum atomic E-state index is 12.9. The quantitative estimate of drug-likeness (QED) is 0.457. The third kappa shape index (κ3) is 6.63. The lowest BCUT2D eigenvalue weighted by molar-refractivity contribution is 0.0594. The largest absolute Gasteiger partial charge is 0.497 e. The van der Waals surface area contributed by atoms with Crippen molar-refractivity contribution in [3.05, 3.63) is 34.3 Å². The first-order valence-electron chi connectivity index (χ1n) is 9.32. The molecular weight excluding hydrogens is 394 g/mol. The monoisotopic (exact) mass is 421 g/mol. The highest BCUT2D eigenvalue weighted by Crippen LogP contribution is 2.26. The molecule has 0 unspecified atom stereocenters. The summed E-state index contributed by atoms with van der Waals surface area (Å²) < 4.78 is 15.2. The molecular formula is C20H27N3O5S. The summed E-state index contributed by atoms with van der Waals surface area (Å²) in [5.41, 5.74) is 0.819. The van der Waals surface area contributed by atoms with Crippen LogP contribution < -0.4 is 14.8 Å². The molecule has 2 rings (SSSR count). The Labute approximate surface area is 174 Å². The molecule has 0 atom stereocenters. The molecule has 1 N–H and O–H groups in total. The lowest BCUT2D eigenvalue weighted by Crippen LogP contribution is -2.35. The van der Waals surface area contributed by atoms with E-state index in [1.807, 2.05) is 0 Å². The molecule has 2 amide bonds. The van der Waals surface area contributed by atoms with E-state index in [2.05, 4.69) is 17.2 Å². The van der Waals surface area contributed by atoms with Gasteiger partial charge in [0.2, 0.25) is 0 Å². The van der Waals surface area contributed by atoms with Gasteiger partial charge in [-0.15, -0.1) is 11.3 Å². The van der Waals surface area contributed by atoms with Gasteiger partial charge in [0, 0.05) is 35.8 Å².